The molecule has 0 N–H and O–H groups in total. The van der Waals surface area contributed by atoms with Crippen molar-refractivity contribution in [2.45, 2.75) is 33.4 Å². The molecule has 37 heavy (non-hydrogen) atoms. The van der Waals surface area contributed by atoms with Crippen molar-refractivity contribution in [2.24, 2.45) is 0 Å². The van der Waals surface area contributed by atoms with Gasteiger partial charge in [0.25, 0.3) is 0 Å². The summed E-state index contributed by atoms with van der Waals surface area (Å²) >= 11 is 0. The molecule has 0 radical (unpaired) electrons. The third-order valence-corrected chi connectivity index (χ3v) is 6.86. The zero-order chi connectivity index (χ0) is 25.9. The molecule has 0 fully saturated rings. The fourth-order valence-electron chi connectivity index (χ4n) is 5.09. The van der Waals surface area contributed by atoms with E-state index in [0.29, 0.717) is 30.3 Å². The van der Waals surface area contributed by atoms with E-state index >= 15 is 0 Å². The molecule has 1 aliphatic heterocycles. The quantitative estimate of drug-likeness (QED) is 0.262. The van der Waals surface area contributed by atoms with Crippen LogP contribution >= 0.6 is 0 Å². The molecule has 6 heteroatoms. The molecule has 0 aliphatic carbocycles. The van der Waals surface area contributed by atoms with E-state index < -0.39 is 0 Å². The molecule has 190 valence electrons. The van der Waals surface area contributed by atoms with Crippen LogP contribution in [0.15, 0.2) is 66.7 Å². The average Bonchev–Trinajstić information content (AvgIpc) is 3.24. The average molecular weight is 498 g/mol. The molecule has 5 rings (SSSR count). The van der Waals surface area contributed by atoms with Crippen molar-refractivity contribution in [3.05, 3.63) is 89.1 Å². The lowest BCUT2D eigenvalue weighted by Gasteiger charge is -2.23. The first-order chi connectivity index (χ1) is 18.0. The van der Waals surface area contributed by atoms with Crippen LogP contribution < -0.4 is 14.2 Å². The number of aryl methyl sites for hydroxylation is 1. The molecule has 0 spiro atoms. The van der Waals surface area contributed by atoms with Gasteiger partial charge in [-0.2, -0.15) is 0 Å². The molecular weight excluding hydrogens is 466 g/mol. The molecule has 1 aromatic heterocycles. The number of carbonyl (C=O) groups excluding carboxylic acids is 1. The second kappa shape index (κ2) is 10.4. The van der Waals surface area contributed by atoms with Gasteiger partial charge in [0.15, 0.2) is 11.5 Å². The Morgan fingerprint density at radius 3 is 2.32 bits per heavy atom. The number of hydrogen-bond donors (Lipinski definition) is 0. The Balaban J connectivity index is 1.58. The van der Waals surface area contributed by atoms with Gasteiger partial charge in [0.05, 0.1) is 32.1 Å². The summed E-state index contributed by atoms with van der Waals surface area (Å²) in [6, 6.07) is 22.0. The fourth-order valence-corrected chi connectivity index (χ4v) is 5.09. The number of hydrogen-bond acceptors (Lipinski definition) is 5. The van der Waals surface area contributed by atoms with Gasteiger partial charge in [-0.25, -0.2) is 4.79 Å². The Bertz CT molecular complexity index is 1420. The van der Waals surface area contributed by atoms with E-state index in [4.69, 9.17) is 18.9 Å². The summed E-state index contributed by atoms with van der Waals surface area (Å²) in [6.07, 6.45) is 0.826. The summed E-state index contributed by atoms with van der Waals surface area (Å²) < 4.78 is 24.9. The topological polar surface area (TPSA) is 58.9 Å². The standard InChI is InChI=1S/C31H31NO5/c1-5-36-31(33)29-28(22-11-13-24(14-12-22)37-19-21-9-7-6-8-10-21)20(2)32-16-15-23-17-26(34-3)27(35-4)18-25(23)30(29)32/h6-14,17-18H,5,15-16,19H2,1-4H3. The minimum absolute atomic E-state index is 0.299. The molecule has 6 nitrogen and oxygen atoms in total. The van der Waals surface area contributed by atoms with E-state index in [2.05, 4.69) is 11.5 Å². The zero-order valence-electron chi connectivity index (χ0n) is 21.7. The normalized spacial score (nSPS) is 11.9. The number of benzene rings is 3. The monoisotopic (exact) mass is 497 g/mol. The second-order valence-corrected chi connectivity index (χ2v) is 8.97. The number of aromatic nitrogens is 1. The summed E-state index contributed by atoms with van der Waals surface area (Å²) in [7, 11) is 3.26. The number of esters is 1. The molecule has 0 unspecified atom stereocenters. The van der Waals surface area contributed by atoms with Gasteiger partial charge < -0.3 is 23.5 Å². The van der Waals surface area contributed by atoms with Crippen molar-refractivity contribution in [2.75, 3.05) is 20.8 Å². The highest BCUT2D eigenvalue weighted by molar-refractivity contribution is 6.05. The van der Waals surface area contributed by atoms with Crippen LogP contribution in [0, 0.1) is 6.92 Å². The molecule has 4 aromatic rings. The molecule has 1 aliphatic rings. The number of nitrogens with zero attached hydrogens (tertiary/aromatic N) is 1. The van der Waals surface area contributed by atoms with Gasteiger partial charge in [-0.05, 0) is 61.2 Å². The maximum atomic E-state index is 13.4. The predicted octanol–water partition coefficient (Wildman–Crippen LogP) is 6.46. The van der Waals surface area contributed by atoms with E-state index in [1.165, 1.54) is 0 Å². The molecule has 0 bridgehead atoms. The van der Waals surface area contributed by atoms with Gasteiger partial charge in [0.1, 0.15) is 12.4 Å². The fraction of sp³-hybridized carbons (Fsp3) is 0.258. The number of carbonyl (C=O) groups is 1. The summed E-state index contributed by atoms with van der Waals surface area (Å²) in [4.78, 5) is 13.4. The van der Waals surface area contributed by atoms with Crippen LogP contribution in [0.2, 0.25) is 0 Å². The minimum atomic E-state index is -0.332. The summed E-state index contributed by atoms with van der Waals surface area (Å²) in [6.45, 7) is 5.44. The van der Waals surface area contributed by atoms with E-state index in [-0.39, 0.29) is 5.97 Å². The lowest BCUT2D eigenvalue weighted by atomic mass is 9.93. The van der Waals surface area contributed by atoms with Crippen LogP contribution in [0.4, 0.5) is 0 Å². The Morgan fingerprint density at radius 2 is 1.65 bits per heavy atom. The SMILES string of the molecule is CCOC(=O)c1c(-c2ccc(OCc3ccccc3)cc2)c(C)n2c1-c1cc(OC)c(OC)cc1CC2. The van der Waals surface area contributed by atoms with Gasteiger partial charge in [0, 0.05) is 23.4 Å². The summed E-state index contributed by atoms with van der Waals surface area (Å²) in [5, 5.41) is 0. The highest BCUT2D eigenvalue weighted by Gasteiger charge is 2.32. The van der Waals surface area contributed by atoms with Crippen LogP contribution in [-0.2, 0) is 24.3 Å². The first-order valence-electron chi connectivity index (χ1n) is 12.5. The smallest absolute Gasteiger partial charge is 0.340 e. The maximum absolute atomic E-state index is 13.4. The molecule has 2 heterocycles. The van der Waals surface area contributed by atoms with Crippen molar-refractivity contribution in [3.63, 3.8) is 0 Å². The summed E-state index contributed by atoms with van der Waals surface area (Å²) in [5.41, 5.74) is 7.47. The second-order valence-electron chi connectivity index (χ2n) is 8.97. The van der Waals surface area contributed by atoms with Crippen LogP contribution in [0.5, 0.6) is 17.2 Å². The van der Waals surface area contributed by atoms with Crippen LogP contribution in [0.3, 0.4) is 0 Å². The van der Waals surface area contributed by atoms with Crippen LogP contribution in [0.1, 0.15) is 34.1 Å². The molecular formula is C31H31NO5. The van der Waals surface area contributed by atoms with E-state index in [0.717, 1.165) is 57.9 Å². The van der Waals surface area contributed by atoms with Gasteiger partial charge >= 0.3 is 5.97 Å². The Kier molecular flexibility index (Phi) is 6.91. The molecule has 0 atom stereocenters. The first kappa shape index (κ1) is 24.5. The number of fused-ring (bicyclic) bond motifs is 3. The van der Waals surface area contributed by atoms with Gasteiger partial charge in [-0.3, -0.25) is 0 Å². The molecule has 0 saturated heterocycles. The van der Waals surface area contributed by atoms with E-state index in [9.17, 15) is 4.79 Å². The highest BCUT2D eigenvalue weighted by atomic mass is 16.5. The number of ether oxygens (including phenoxy) is 4. The van der Waals surface area contributed by atoms with Crippen molar-refractivity contribution in [1.29, 1.82) is 0 Å². The third-order valence-electron chi connectivity index (χ3n) is 6.86. The van der Waals surface area contributed by atoms with Crippen molar-refractivity contribution < 1.29 is 23.7 Å². The Hall–Kier alpha value is -4.19. The van der Waals surface area contributed by atoms with Crippen LogP contribution in [-0.4, -0.2) is 31.4 Å². The minimum Gasteiger partial charge on any atom is -0.493 e. The molecule has 0 saturated carbocycles. The highest BCUT2D eigenvalue weighted by Crippen LogP contribution is 2.45. The Morgan fingerprint density at radius 1 is 0.946 bits per heavy atom. The van der Waals surface area contributed by atoms with E-state index in [1.807, 2.05) is 73.7 Å². The van der Waals surface area contributed by atoms with Gasteiger partial charge in [0.2, 0.25) is 0 Å². The number of methoxy groups -OCH3 is 2. The van der Waals surface area contributed by atoms with Gasteiger partial charge in [-0.1, -0.05) is 42.5 Å². The third kappa shape index (κ3) is 4.55. The largest absolute Gasteiger partial charge is 0.493 e. The van der Waals surface area contributed by atoms with Crippen molar-refractivity contribution in [1.82, 2.24) is 4.57 Å². The predicted molar refractivity (Wildman–Crippen MR) is 144 cm³/mol. The number of rotatable bonds is 8. The van der Waals surface area contributed by atoms with Crippen molar-refractivity contribution in [3.8, 4) is 39.6 Å². The first-order valence-corrected chi connectivity index (χ1v) is 12.5. The Labute approximate surface area is 217 Å². The summed E-state index contributed by atoms with van der Waals surface area (Å²) in [5.74, 6) is 1.75. The van der Waals surface area contributed by atoms with Gasteiger partial charge in [-0.15, -0.1) is 0 Å². The zero-order valence-corrected chi connectivity index (χ0v) is 21.7. The lowest BCUT2D eigenvalue weighted by molar-refractivity contribution is 0.0528. The molecule has 3 aromatic carbocycles. The lowest BCUT2D eigenvalue weighted by Crippen LogP contribution is -2.15. The van der Waals surface area contributed by atoms with Crippen LogP contribution in [0.25, 0.3) is 22.4 Å². The van der Waals surface area contributed by atoms with E-state index in [1.54, 1.807) is 14.2 Å². The maximum Gasteiger partial charge on any atom is 0.340 e. The molecule has 0 amide bonds. The van der Waals surface area contributed by atoms with Crippen molar-refractivity contribution >= 4 is 5.97 Å².